The van der Waals surface area contributed by atoms with Crippen molar-refractivity contribution in [2.24, 2.45) is 5.92 Å². The quantitative estimate of drug-likeness (QED) is 0.711. The SMILES string of the molecule is CCOc1ccccc1NC(=O)C1CCN(S(=O)(=O)c2ccc3c(c2)OCCCO3)CC1. The molecular formula is C23H28N2O6S. The molecule has 2 aliphatic rings. The van der Waals surface area contributed by atoms with Gasteiger partial charge in [-0.1, -0.05) is 12.1 Å². The van der Waals surface area contributed by atoms with Crippen molar-refractivity contribution in [3.05, 3.63) is 42.5 Å². The van der Waals surface area contributed by atoms with Crippen LogP contribution in [0.1, 0.15) is 26.2 Å². The van der Waals surface area contributed by atoms with Gasteiger partial charge in [0, 0.05) is 31.5 Å². The zero-order chi connectivity index (χ0) is 22.6. The first-order chi connectivity index (χ1) is 15.5. The minimum atomic E-state index is -3.68. The van der Waals surface area contributed by atoms with E-state index in [-0.39, 0.29) is 29.8 Å². The molecule has 4 rings (SSSR count). The van der Waals surface area contributed by atoms with Gasteiger partial charge in [-0.2, -0.15) is 4.31 Å². The normalized spacial score (nSPS) is 17.4. The predicted molar refractivity (Wildman–Crippen MR) is 120 cm³/mol. The average Bonchev–Trinajstić information content (AvgIpc) is 3.05. The number of ether oxygens (including phenoxy) is 3. The van der Waals surface area contributed by atoms with Crippen LogP contribution in [-0.4, -0.2) is 51.5 Å². The Bertz CT molecular complexity index is 1060. The van der Waals surface area contributed by atoms with E-state index in [1.54, 1.807) is 18.2 Å². The maximum Gasteiger partial charge on any atom is 0.243 e. The van der Waals surface area contributed by atoms with Crippen LogP contribution in [0.3, 0.4) is 0 Å². The Hall–Kier alpha value is -2.78. The number of hydrogen-bond acceptors (Lipinski definition) is 6. The summed E-state index contributed by atoms with van der Waals surface area (Å²) in [5.41, 5.74) is 0.626. The second-order valence-electron chi connectivity index (χ2n) is 7.76. The van der Waals surface area contributed by atoms with Crippen molar-refractivity contribution in [3.8, 4) is 17.2 Å². The highest BCUT2D eigenvalue weighted by atomic mass is 32.2. The molecule has 9 heteroatoms. The van der Waals surface area contributed by atoms with Crippen molar-refractivity contribution in [1.82, 2.24) is 4.31 Å². The molecule has 2 aromatic carbocycles. The van der Waals surface area contributed by atoms with E-state index in [9.17, 15) is 13.2 Å². The maximum atomic E-state index is 13.2. The third-order valence-electron chi connectivity index (χ3n) is 5.63. The topological polar surface area (TPSA) is 94.2 Å². The van der Waals surface area contributed by atoms with Crippen LogP contribution in [-0.2, 0) is 14.8 Å². The third-order valence-corrected chi connectivity index (χ3v) is 7.52. The van der Waals surface area contributed by atoms with E-state index in [0.717, 1.165) is 6.42 Å². The van der Waals surface area contributed by atoms with Crippen molar-refractivity contribution < 1.29 is 27.4 Å². The van der Waals surface area contributed by atoms with Gasteiger partial charge in [0.15, 0.2) is 11.5 Å². The zero-order valence-corrected chi connectivity index (χ0v) is 18.9. The van der Waals surface area contributed by atoms with Crippen LogP contribution in [0.4, 0.5) is 5.69 Å². The van der Waals surface area contributed by atoms with Gasteiger partial charge in [-0.05, 0) is 44.0 Å². The van der Waals surface area contributed by atoms with Crippen LogP contribution >= 0.6 is 0 Å². The van der Waals surface area contributed by atoms with Crippen molar-refractivity contribution in [1.29, 1.82) is 0 Å². The molecule has 0 aromatic heterocycles. The second kappa shape index (κ2) is 9.79. The minimum absolute atomic E-state index is 0.121. The molecule has 0 bridgehead atoms. The first-order valence-corrected chi connectivity index (χ1v) is 12.4. The Morgan fingerprint density at radius 3 is 2.56 bits per heavy atom. The van der Waals surface area contributed by atoms with Gasteiger partial charge in [-0.25, -0.2) is 8.42 Å². The van der Waals surface area contributed by atoms with E-state index in [2.05, 4.69) is 5.32 Å². The van der Waals surface area contributed by atoms with E-state index in [4.69, 9.17) is 14.2 Å². The number of nitrogens with zero attached hydrogens (tertiary/aromatic N) is 1. The Labute approximate surface area is 188 Å². The van der Waals surface area contributed by atoms with Gasteiger partial charge in [0.1, 0.15) is 5.75 Å². The molecule has 0 spiro atoms. The fourth-order valence-electron chi connectivity index (χ4n) is 3.90. The molecule has 0 saturated carbocycles. The van der Waals surface area contributed by atoms with Crippen LogP contribution in [0.25, 0.3) is 0 Å². The highest BCUT2D eigenvalue weighted by molar-refractivity contribution is 7.89. The Balaban J connectivity index is 1.40. The van der Waals surface area contributed by atoms with Crippen molar-refractivity contribution in [3.63, 3.8) is 0 Å². The minimum Gasteiger partial charge on any atom is -0.492 e. The second-order valence-corrected chi connectivity index (χ2v) is 9.69. The van der Waals surface area contributed by atoms with Crippen molar-refractivity contribution in [2.75, 3.05) is 38.2 Å². The molecule has 1 fully saturated rings. The number of piperidine rings is 1. The van der Waals surface area contributed by atoms with Gasteiger partial charge in [-0.3, -0.25) is 4.79 Å². The van der Waals surface area contributed by atoms with Crippen molar-refractivity contribution in [2.45, 2.75) is 31.1 Å². The van der Waals surface area contributed by atoms with Crippen LogP contribution in [0, 0.1) is 5.92 Å². The predicted octanol–water partition coefficient (Wildman–Crippen LogP) is 3.29. The lowest BCUT2D eigenvalue weighted by Crippen LogP contribution is -2.41. The van der Waals surface area contributed by atoms with E-state index < -0.39 is 10.0 Å². The molecule has 1 saturated heterocycles. The molecule has 0 aliphatic carbocycles. The standard InChI is InChI=1S/C23H28N2O6S/c1-2-29-20-7-4-3-6-19(20)24-23(26)17-10-12-25(13-11-17)32(27,28)18-8-9-21-22(16-18)31-15-5-14-30-21/h3-4,6-9,16-17H,2,5,10-15H2,1H3,(H,24,26). The molecule has 1 N–H and O–H groups in total. The van der Waals surface area contributed by atoms with Crippen LogP contribution in [0.5, 0.6) is 17.2 Å². The zero-order valence-electron chi connectivity index (χ0n) is 18.1. The van der Waals surface area contributed by atoms with E-state index in [1.165, 1.54) is 10.4 Å². The molecule has 2 aromatic rings. The summed E-state index contributed by atoms with van der Waals surface area (Å²) >= 11 is 0. The molecule has 2 heterocycles. The number of sulfonamides is 1. The van der Waals surface area contributed by atoms with Gasteiger partial charge in [0.2, 0.25) is 15.9 Å². The summed E-state index contributed by atoms with van der Waals surface area (Å²) in [4.78, 5) is 13.0. The van der Waals surface area contributed by atoms with Crippen LogP contribution < -0.4 is 19.5 Å². The number of fused-ring (bicyclic) bond motifs is 1. The van der Waals surface area contributed by atoms with Gasteiger partial charge in [-0.15, -0.1) is 0 Å². The highest BCUT2D eigenvalue weighted by Gasteiger charge is 2.33. The summed E-state index contributed by atoms with van der Waals surface area (Å²) in [6, 6.07) is 12.0. The third kappa shape index (κ3) is 4.83. The first-order valence-electron chi connectivity index (χ1n) is 10.9. The molecule has 0 unspecified atom stereocenters. The van der Waals surface area contributed by atoms with E-state index >= 15 is 0 Å². The number of nitrogens with one attached hydrogen (secondary N) is 1. The summed E-state index contributed by atoms with van der Waals surface area (Å²) in [5, 5.41) is 2.93. The number of carbonyl (C=O) groups excluding carboxylic acids is 1. The van der Waals surface area contributed by atoms with Crippen molar-refractivity contribution >= 4 is 21.6 Å². The molecule has 172 valence electrons. The Morgan fingerprint density at radius 1 is 1.09 bits per heavy atom. The number of amides is 1. The summed E-state index contributed by atoms with van der Waals surface area (Å²) in [5.74, 6) is 1.25. The number of rotatable bonds is 6. The van der Waals surface area contributed by atoms with E-state index in [1.807, 2.05) is 25.1 Å². The lowest BCUT2D eigenvalue weighted by Gasteiger charge is -2.30. The summed E-state index contributed by atoms with van der Waals surface area (Å²) in [6.45, 7) is 3.98. The number of hydrogen-bond donors (Lipinski definition) is 1. The van der Waals surface area contributed by atoms with Gasteiger partial charge >= 0.3 is 0 Å². The summed E-state index contributed by atoms with van der Waals surface area (Å²) < 4.78 is 44.5. The largest absolute Gasteiger partial charge is 0.492 e. The smallest absolute Gasteiger partial charge is 0.243 e. The molecule has 8 nitrogen and oxygen atoms in total. The molecule has 1 amide bonds. The Morgan fingerprint density at radius 2 is 1.81 bits per heavy atom. The highest BCUT2D eigenvalue weighted by Crippen LogP contribution is 2.34. The molecule has 0 atom stereocenters. The van der Waals surface area contributed by atoms with Crippen LogP contribution in [0.15, 0.2) is 47.4 Å². The monoisotopic (exact) mass is 460 g/mol. The van der Waals surface area contributed by atoms with E-state index in [0.29, 0.717) is 55.6 Å². The fourth-order valence-corrected chi connectivity index (χ4v) is 5.38. The lowest BCUT2D eigenvalue weighted by molar-refractivity contribution is -0.120. The Kier molecular flexibility index (Phi) is 6.86. The van der Waals surface area contributed by atoms with Gasteiger partial charge in [0.05, 0.1) is 30.4 Å². The first kappa shape index (κ1) is 22.4. The summed E-state index contributed by atoms with van der Waals surface area (Å²) in [6.07, 6.45) is 1.65. The maximum absolute atomic E-state index is 13.2. The average molecular weight is 461 g/mol. The van der Waals surface area contributed by atoms with Crippen LogP contribution in [0.2, 0.25) is 0 Å². The van der Waals surface area contributed by atoms with Gasteiger partial charge in [0.25, 0.3) is 0 Å². The number of para-hydroxylation sites is 2. The fraction of sp³-hybridized carbons (Fsp3) is 0.435. The molecule has 0 radical (unpaired) electrons. The number of anilines is 1. The molecule has 2 aliphatic heterocycles. The molecular weight excluding hydrogens is 432 g/mol. The number of benzene rings is 2. The molecule has 32 heavy (non-hydrogen) atoms. The summed E-state index contributed by atoms with van der Waals surface area (Å²) in [7, 11) is -3.68. The number of carbonyl (C=O) groups is 1. The van der Waals surface area contributed by atoms with Gasteiger partial charge < -0.3 is 19.5 Å². The lowest BCUT2D eigenvalue weighted by atomic mass is 9.97.